The predicted molar refractivity (Wildman–Crippen MR) is 83.4 cm³/mol. The normalized spacial score (nSPS) is 15.8. The molecule has 0 bridgehead atoms. The number of anilines is 1. The predicted octanol–water partition coefficient (Wildman–Crippen LogP) is 5.37. The van der Waals surface area contributed by atoms with E-state index in [1.54, 1.807) is 0 Å². The van der Waals surface area contributed by atoms with Gasteiger partial charge in [0.05, 0.1) is 5.54 Å². The molecule has 0 aliphatic carbocycles. The summed E-state index contributed by atoms with van der Waals surface area (Å²) >= 11 is 6.05. The van der Waals surface area contributed by atoms with Crippen molar-refractivity contribution in [2.75, 3.05) is 5.32 Å². The average Bonchev–Trinajstić information content (AvgIpc) is 2.31. The molecule has 1 aromatic carbocycles. The van der Waals surface area contributed by atoms with Crippen molar-refractivity contribution < 1.29 is 0 Å². The molecule has 100 valence electrons. The summed E-state index contributed by atoms with van der Waals surface area (Å²) < 4.78 is 0. The van der Waals surface area contributed by atoms with Gasteiger partial charge in [-0.2, -0.15) is 0 Å². The van der Waals surface area contributed by atoms with E-state index in [-0.39, 0.29) is 5.54 Å². The molecule has 1 aliphatic heterocycles. The van der Waals surface area contributed by atoms with E-state index in [0.29, 0.717) is 5.88 Å². The van der Waals surface area contributed by atoms with Crippen LogP contribution in [0.15, 0.2) is 18.2 Å². The van der Waals surface area contributed by atoms with Gasteiger partial charge in [0.25, 0.3) is 0 Å². The lowest BCUT2D eigenvalue weighted by Crippen LogP contribution is -2.31. The fourth-order valence-corrected chi connectivity index (χ4v) is 2.82. The number of halogens is 1. The Balaban J connectivity index is 0.000000771. The SMILES string of the molecule is CC.CC1=CC(C)(C)Nc2ccc(C)c(CCl)c21. The van der Waals surface area contributed by atoms with E-state index >= 15 is 0 Å². The van der Waals surface area contributed by atoms with E-state index in [1.165, 1.54) is 28.0 Å². The number of allylic oxidation sites excluding steroid dienone is 1. The Hall–Kier alpha value is -0.950. The van der Waals surface area contributed by atoms with E-state index < -0.39 is 0 Å². The topological polar surface area (TPSA) is 12.0 Å². The highest BCUT2D eigenvalue weighted by Crippen LogP contribution is 2.37. The van der Waals surface area contributed by atoms with Gasteiger partial charge in [-0.3, -0.25) is 0 Å². The molecule has 0 spiro atoms. The number of rotatable bonds is 1. The van der Waals surface area contributed by atoms with Crippen LogP contribution in [0.2, 0.25) is 0 Å². The molecule has 0 fully saturated rings. The first-order chi connectivity index (χ1) is 8.44. The minimum atomic E-state index is 0.0237. The van der Waals surface area contributed by atoms with Crippen LogP contribution in [0.3, 0.4) is 0 Å². The summed E-state index contributed by atoms with van der Waals surface area (Å²) in [6.45, 7) is 12.6. The Morgan fingerprint density at radius 1 is 1.17 bits per heavy atom. The zero-order valence-corrected chi connectivity index (χ0v) is 13.1. The fraction of sp³-hybridized carbons (Fsp3) is 0.500. The highest BCUT2D eigenvalue weighted by Gasteiger charge is 2.24. The van der Waals surface area contributed by atoms with Crippen molar-refractivity contribution in [2.24, 2.45) is 0 Å². The van der Waals surface area contributed by atoms with Crippen LogP contribution in [0.4, 0.5) is 5.69 Å². The zero-order chi connectivity index (χ0) is 13.9. The summed E-state index contributed by atoms with van der Waals surface area (Å²) in [7, 11) is 0. The van der Waals surface area contributed by atoms with Crippen LogP contribution in [-0.2, 0) is 5.88 Å². The molecule has 0 aromatic heterocycles. The number of fused-ring (bicyclic) bond motifs is 1. The Morgan fingerprint density at radius 3 is 2.33 bits per heavy atom. The van der Waals surface area contributed by atoms with Gasteiger partial charge in [-0.05, 0) is 50.5 Å². The lowest BCUT2D eigenvalue weighted by atomic mass is 9.87. The Morgan fingerprint density at radius 2 is 1.78 bits per heavy atom. The van der Waals surface area contributed by atoms with Crippen molar-refractivity contribution in [1.82, 2.24) is 0 Å². The minimum Gasteiger partial charge on any atom is -0.376 e. The summed E-state index contributed by atoms with van der Waals surface area (Å²) in [6, 6.07) is 4.29. The third-order valence-corrected chi connectivity index (χ3v) is 3.38. The maximum atomic E-state index is 6.05. The molecule has 1 heterocycles. The summed E-state index contributed by atoms with van der Waals surface area (Å²) in [4.78, 5) is 0. The van der Waals surface area contributed by atoms with Gasteiger partial charge in [0.15, 0.2) is 0 Å². The Bertz CT molecular complexity index is 458. The molecule has 1 aromatic rings. The Labute approximate surface area is 116 Å². The van der Waals surface area contributed by atoms with Gasteiger partial charge < -0.3 is 5.32 Å². The second-order valence-corrected chi connectivity index (χ2v) is 5.36. The number of aryl methyl sites for hydroxylation is 1. The minimum absolute atomic E-state index is 0.0237. The maximum Gasteiger partial charge on any atom is 0.0505 e. The van der Waals surface area contributed by atoms with Gasteiger partial charge >= 0.3 is 0 Å². The van der Waals surface area contributed by atoms with E-state index in [0.717, 1.165) is 0 Å². The molecule has 0 unspecified atom stereocenters. The number of hydrogen-bond donors (Lipinski definition) is 1. The van der Waals surface area contributed by atoms with Crippen molar-refractivity contribution in [2.45, 2.75) is 53.0 Å². The van der Waals surface area contributed by atoms with Gasteiger partial charge in [-0.25, -0.2) is 0 Å². The lowest BCUT2D eigenvalue weighted by molar-refractivity contribution is 0.707. The quantitative estimate of drug-likeness (QED) is 0.674. The second kappa shape index (κ2) is 5.79. The molecular weight excluding hydrogens is 242 g/mol. The van der Waals surface area contributed by atoms with E-state index in [2.05, 4.69) is 51.2 Å². The van der Waals surface area contributed by atoms with Crippen LogP contribution in [0.25, 0.3) is 5.57 Å². The molecule has 1 nitrogen and oxygen atoms in total. The van der Waals surface area contributed by atoms with Gasteiger partial charge in [-0.1, -0.05) is 26.0 Å². The smallest absolute Gasteiger partial charge is 0.0505 e. The van der Waals surface area contributed by atoms with Crippen LogP contribution in [0.5, 0.6) is 0 Å². The molecule has 0 amide bonds. The largest absolute Gasteiger partial charge is 0.376 e. The van der Waals surface area contributed by atoms with E-state index in [1.807, 2.05) is 13.8 Å². The standard InChI is InChI=1S/C14H18ClN.C2H6/c1-9-5-6-12-13(11(9)8-15)10(2)7-14(3,4)16-12;1-2/h5-7,16H,8H2,1-4H3;1-2H3. The van der Waals surface area contributed by atoms with Crippen molar-refractivity contribution >= 4 is 22.9 Å². The van der Waals surface area contributed by atoms with Crippen LogP contribution < -0.4 is 5.32 Å². The highest BCUT2D eigenvalue weighted by atomic mass is 35.5. The summed E-state index contributed by atoms with van der Waals surface area (Å²) in [5, 5.41) is 3.53. The molecule has 2 rings (SSSR count). The van der Waals surface area contributed by atoms with Crippen LogP contribution >= 0.6 is 11.6 Å². The maximum absolute atomic E-state index is 6.05. The molecule has 0 saturated heterocycles. The van der Waals surface area contributed by atoms with Gasteiger partial charge in [-0.15, -0.1) is 11.6 Å². The zero-order valence-electron chi connectivity index (χ0n) is 12.3. The van der Waals surface area contributed by atoms with E-state index in [4.69, 9.17) is 11.6 Å². The van der Waals surface area contributed by atoms with Crippen molar-refractivity contribution in [3.05, 3.63) is 34.9 Å². The van der Waals surface area contributed by atoms with Crippen molar-refractivity contribution in [3.8, 4) is 0 Å². The highest BCUT2D eigenvalue weighted by molar-refractivity contribution is 6.17. The first-order valence-electron chi connectivity index (χ1n) is 6.61. The molecule has 1 aliphatic rings. The number of nitrogens with one attached hydrogen (secondary N) is 1. The number of hydrogen-bond acceptors (Lipinski definition) is 1. The second-order valence-electron chi connectivity index (χ2n) is 5.09. The molecule has 1 N–H and O–H groups in total. The monoisotopic (exact) mass is 265 g/mol. The molecule has 0 radical (unpaired) electrons. The number of benzene rings is 1. The summed E-state index contributed by atoms with van der Waals surface area (Å²) in [6.07, 6.45) is 2.27. The Kier molecular flexibility index (Phi) is 4.86. The molecule has 0 saturated carbocycles. The average molecular weight is 266 g/mol. The van der Waals surface area contributed by atoms with Gasteiger partial charge in [0, 0.05) is 17.1 Å². The molecule has 0 atom stereocenters. The fourth-order valence-electron chi connectivity index (χ4n) is 2.48. The molecular formula is C16H24ClN. The first-order valence-corrected chi connectivity index (χ1v) is 7.14. The molecule has 18 heavy (non-hydrogen) atoms. The summed E-state index contributed by atoms with van der Waals surface area (Å²) in [5.74, 6) is 0.572. The van der Waals surface area contributed by atoms with Crippen molar-refractivity contribution in [3.63, 3.8) is 0 Å². The lowest BCUT2D eigenvalue weighted by Gasteiger charge is -2.33. The van der Waals surface area contributed by atoms with Gasteiger partial charge in [0.2, 0.25) is 0 Å². The molecule has 2 heteroatoms. The number of alkyl halides is 1. The van der Waals surface area contributed by atoms with Gasteiger partial charge in [0.1, 0.15) is 0 Å². The van der Waals surface area contributed by atoms with Crippen molar-refractivity contribution in [1.29, 1.82) is 0 Å². The first kappa shape index (κ1) is 15.1. The third kappa shape index (κ3) is 2.89. The third-order valence-electron chi connectivity index (χ3n) is 3.11. The van der Waals surface area contributed by atoms with E-state index in [9.17, 15) is 0 Å². The van der Waals surface area contributed by atoms with Crippen LogP contribution in [-0.4, -0.2) is 5.54 Å². The van der Waals surface area contributed by atoms with Crippen LogP contribution in [0.1, 0.15) is 51.3 Å². The summed E-state index contributed by atoms with van der Waals surface area (Å²) in [5.41, 5.74) is 6.34. The van der Waals surface area contributed by atoms with Crippen LogP contribution in [0, 0.1) is 6.92 Å².